The van der Waals surface area contributed by atoms with E-state index in [-0.39, 0.29) is 18.7 Å². The van der Waals surface area contributed by atoms with Crippen LogP contribution in [0.15, 0.2) is 45.9 Å². The van der Waals surface area contributed by atoms with Crippen molar-refractivity contribution in [3.8, 4) is 0 Å². The quantitative estimate of drug-likeness (QED) is 0.524. The van der Waals surface area contributed by atoms with E-state index in [0.717, 1.165) is 23.9 Å². The first-order valence-electron chi connectivity index (χ1n) is 7.77. The zero-order chi connectivity index (χ0) is 19.6. The van der Waals surface area contributed by atoms with Crippen molar-refractivity contribution in [1.29, 1.82) is 0 Å². The Balaban J connectivity index is 1.59. The Morgan fingerprint density at radius 1 is 1.15 bits per heavy atom. The third-order valence-electron chi connectivity index (χ3n) is 3.09. The average Bonchev–Trinajstić information content (AvgIpc) is 3.15. The molecule has 0 unspecified atom stereocenters. The molecule has 0 saturated carbocycles. The number of carbonyl (C=O) groups is 3. The number of rotatable bonds is 8. The van der Waals surface area contributed by atoms with Gasteiger partial charge in [0.05, 0.1) is 19.2 Å². The average molecular weight is 398 g/mol. The van der Waals surface area contributed by atoms with Crippen LogP contribution >= 0.6 is 11.8 Å². The van der Waals surface area contributed by atoms with Crippen molar-refractivity contribution in [3.05, 3.63) is 54.0 Å². The summed E-state index contributed by atoms with van der Waals surface area (Å²) in [7, 11) is 0. The fourth-order valence-corrected chi connectivity index (χ4v) is 2.68. The van der Waals surface area contributed by atoms with Crippen LogP contribution < -0.4 is 10.6 Å². The predicted octanol–water partition coefficient (Wildman–Crippen LogP) is 2.61. The van der Waals surface area contributed by atoms with Crippen LogP contribution in [0.2, 0.25) is 0 Å². The first-order chi connectivity index (χ1) is 12.9. The van der Waals surface area contributed by atoms with Gasteiger partial charge in [0.25, 0.3) is 5.91 Å². The lowest BCUT2D eigenvalue weighted by Crippen LogP contribution is -2.41. The summed E-state index contributed by atoms with van der Waals surface area (Å²) in [5.74, 6) is -2.58. The van der Waals surface area contributed by atoms with Crippen LogP contribution in [0.25, 0.3) is 0 Å². The Labute approximate surface area is 157 Å². The lowest BCUT2D eigenvalue weighted by Gasteiger charge is -2.07. The minimum Gasteiger partial charge on any atom is -0.467 e. The van der Waals surface area contributed by atoms with Crippen molar-refractivity contribution in [2.45, 2.75) is 17.9 Å². The Hall–Kier alpha value is -2.88. The molecule has 0 spiro atoms. The number of hydrogen-bond donors (Lipinski definition) is 2. The van der Waals surface area contributed by atoms with E-state index in [2.05, 4.69) is 5.32 Å². The molecule has 0 aliphatic carbocycles. The number of hydrogen-bond acceptors (Lipinski definition) is 6. The van der Waals surface area contributed by atoms with Crippen molar-refractivity contribution < 1.29 is 32.3 Å². The van der Waals surface area contributed by atoms with Gasteiger partial charge in [0.1, 0.15) is 5.76 Å². The molecular weight excluding hydrogens is 382 g/mol. The molecule has 2 N–H and O–H groups in total. The van der Waals surface area contributed by atoms with E-state index in [0.29, 0.717) is 10.7 Å². The van der Waals surface area contributed by atoms with E-state index in [4.69, 9.17) is 9.15 Å². The molecule has 1 heterocycles. The number of benzene rings is 1. The van der Waals surface area contributed by atoms with Gasteiger partial charge in [-0.2, -0.15) is 0 Å². The van der Waals surface area contributed by atoms with Crippen molar-refractivity contribution >= 4 is 29.7 Å². The molecular formula is C17H16F2N2O5S. The standard InChI is InChI=1S/C17H16F2N2O5S/c18-13-4-3-12(8-14(13)19)27-7-5-16(23)26-10-15(22)21-17(24)20-9-11-2-1-6-25-11/h1-4,6,8H,5,7,9-10H2,(H2,20,21,22,24). The predicted molar refractivity (Wildman–Crippen MR) is 91.7 cm³/mol. The molecule has 27 heavy (non-hydrogen) atoms. The molecule has 7 nitrogen and oxygen atoms in total. The number of amides is 3. The van der Waals surface area contributed by atoms with Gasteiger partial charge in [-0.15, -0.1) is 11.8 Å². The second-order valence-electron chi connectivity index (χ2n) is 5.15. The Morgan fingerprint density at radius 3 is 2.67 bits per heavy atom. The van der Waals surface area contributed by atoms with Crippen LogP contribution in [0, 0.1) is 11.6 Å². The summed E-state index contributed by atoms with van der Waals surface area (Å²) in [5, 5.41) is 4.40. The first-order valence-corrected chi connectivity index (χ1v) is 8.76. The van der Waals surface area contributed by atoms with Crippen LogP contribution in [-0.4, -0.2) is 30.3 Å². The van der Waals surface area contributed by atoms with E-state index >= 15 is 0 Å². The molecule has 0 bridgehead atoms. The number of ether oxygens (including phenoxy) is 1. The molecule has 0 atom stereocenters. The van der Waals surface area contributed by atoms with Crippen LogP contribution in [0.1, 0.15) is 12.2 Å². The van der Waals surface area contributed by atoms with Gasteiger partial charge in [-0.05, 0) is 30.3 Å². The summed E-state index contributed by atoms with van der Waals surface area (Å²) < 4.78 is 35.6. The molecule has 144 valence electrons. The molecule has 10 heteroatoms. The van der Waals surface area contributed by atoms with E-state index in [1.807, 2.05) is 5.32 Å². The van der Waals surface area contributed by atoms with E-state index in [1.165, 1.54) is 12.3 Å². The lowest BCUT2D eigenvalue weighted by molar-refractivity contribution is -0.147. The number of furan rings is 1. The van der Waals surface area contributed by atoms with Gasteiger partial charge in [0.2, 0.25) is 0 Å². The minimum atomic E-state index is -0.968. The van der Waals surface area contributed by atoms with Gasteiger partial charge >= 0.3 is 12.0 Å². The molecule has 0 saturated heterocycles. The summed E-state index contributed by atoms with van der Waals surface area (Å²) >= 11 is 1.14. The largest absolute Gasteiger partial charge is 0.467 e. The zero-order valence-corrected chi connectivity index (χ0v) is 14.8. The van der Waals surface area contributed by atoms with E-state index < -0.39 is 36.1 Å². The van der Waals surface area contributed by atoms with Gasteiger partial charge < -0.3 is 14.5 Å². The third-order valence-corrected chi connectivity index (χ3v) is 4.08. The molecule has 0 aliphatic heterocycles. The van der Waals surface area contributed by atoms with Gasteiger partial charge in [-0.1, -0.05) is 0 Å². The first kappa shape index (κ1) is 20.4. The Bertz CT molecular complexity index is 799. The van der Waals surface area contributed by atoms with Gasteiger partial charge in [0, 0.05) is 10.6 Å². The minimum absolute atomic E-state index is 0.0400. The van der Waals surface area contributed by atoms with Gasteiger partial charge in [0.15, 0.2) is 18.2 Å². The smallest absolute Gasteiger partial charge is 0.321 e. The number of esters is 1. The number of thioether (sulfide) groups is 1. The second kappa shape index (κ2) is 10.3. The summed E-state index contributed by atoms with van der Waals surface area (Å²) in [6, 6.07) is 5.98. The summed E-state index contributed by atoms with van der Waals surface area (Å²) in [6.45, 7) is -0.504. The Kier molecular flexibility index (Phi) is 7.80. The fourth-order valence-electron chi connectivity index (χ4n) is 1.82. The molecule has 0 fully saturated rings. The second-order valence-corrected chi connectivity index (χ2v) is 6.31. The lowest BCUT2D eigenvalue weighted by atomic mass is 10.3. The van der Waals surface area contributed by atoms with E-state index in [9.17, 15) is 23.2 Å². The molecule has 2 rings (SSSR count). The van der Waals surface area contributed by atoms with Crippen molar-refractivity contribution in [3.63, 3.8) is 0 Å². The molecule has 0 aliphatic rings. The van der Waals surface area contributed by atoms with Crippen LogP contribution in [0.4, 0.5) is 13.6 Å². The fraction of sp³-hybridized carbons (Fsp3) is 0.235. The molecule has 2 aromatic rings. The topological polar surface area (TPSA) is 97.6 Å². The molecule has 3 amide bonds. The van der Waals surface area contributed by atoms with Crippen LogP contribution in [0.5, 0.6) is 0 Å². The number of nitrogens with one attached hydrogen (secondary N) is 2. The maximum Gasteiger partial charge on any atom is 0.321 e. The third kappa shape index (κ3) is 7.48. The van der Waals surface area contributed by atoms with Crippen LogP contribution in [0.3, 0.4) is 0 Å². The maximum absolute atomic E-state index is 13.1. The monoisotopic (exact) mass is 398 g/mol. The van der Waals surface area contributed by atoms with Gasteiger partial charge in [-0.25, -0.2) is 13.6 Å². The highest BCUT2D eigenvalue weighted by molar-refractivity contribution is 7.99. The number of halogens is 2. The molecule has 1 aromatic heterocycles. The summed E-state index contributed by atoms with van der Waals surface area (Å²) in [4.78, 5) is 35.0. The SMILES string of the molecule is O=C(COC(=O)CCSc1ccc(F)c(F)c1)NC(=O)NCc1ccco1. The maximum atomic E-state index is 13.1. The molecule has 0 radical (unpaired) electrons. The number of urea groups is 1. The van der Waals surface area contributed by atoms with Crippen molar-refractivity contribution in [1.82, 2.24) is 10.6 Å². The molecule has 1 aromatic carbocycles. The zero-order valence-electron chi connectivity index (χ0n) is 14.0. The normalized spacial score (nSPS) is 10.3. The van der Waals surface area contributed by atoms with E-state index in [1.54, 1.807) is 12.1 Å². The van der Waals surface area contributed by atoms with Gasteiger partial charge in [-0.3, -0.25) is 14.9 Å². The summed E-state index contributed by atoms with van der Waals surface area (Å²) in [5.41, 5.74) is 0. The number of carbonyl (C=O) groups excluding carboxylic acids is 3. The van der Waals surface area contributed by atoms with Crippen LogP contribution in [-0.2, 0) is 20.9 Å². The summed E-state index contributed by atoms with van der Waals surface area (Å²) in [6.07, 6.45) is 1.41. The highest BCUT2D eigenvalue weighted by Gasteiger charge is 2.11. The number of imide groups is 1. The van der Waals surface area contributed by atoms with Crippen molar-refractivity contribution in [2.75, 3.05) is 12.4 Å². The highest BCUT2D eigenvalue weighted by atomic mass is 32.2. The van der Waals surface area contributed by atoms with Crippen molar-refractivity contribution in [2.24, 2.45) is 0 Å². The highest BCUT2D eigenvalue weighted by Crippen LogP contribution is 2.21. The Morgan fingerprint density at radius 2 is 1.96 bits per heavy atom.